The van der Waals surface area contributed by atoms with Crippen molar-refractivity contribution in [2.24, 2.45) is 0 Å². The zero-order valence-corrected chi connectivity index (χ0v) is 10.5. The van der Waals surface area contributed by atoms with Crippen molar-refractivity contribution in [3.05, 3.63) is 54.6 Å². The number of benzene rings is 2. The minimum absolute atomic E-state index is 0.328. The summed E-state index contributed by atoms with van der Waals surface area (Å²) in [7, 11) is 0. The number of aliphatic hydroxyl groups is 3. The Labute approximate surface area is 112 Å². The molecule has 0 saturated carbocycles. The Balaban J connectivity index is 0.000000258. The van der Waals surface area contributed by atoms with Crippen LogP contribution >= 0.6 is 0 Å². The Kier molecular flexibility index (Phi) is 6.60. The summed E-state index contributed by atoms with van der Waals surface area (Å²) in [6.45, 7) is -0.729. The van der Waals surface area contributed by atoms with Gasteiger partial charge in [0.15, 0.2) is 0 Å². The first-order valence-corrected chi connectivity index (χ1v) is 5.92. The third-order valence-electron chi connectivity index (χ3n) is 2.41. The van der Waals surface area contributed by atoms with Gasteiger partial charge in [-0.1, -0.05) is 48.5 Å². The zero-order valence-electron chi connectivity index (χ0n) is 10.5. The summed E-state index contributed by atoms with van der Waals surface area (Å²) in [5, 5.41) is 33.6. The summed E-state index contributed by atoms with van der Waals surface area (Å²) in [6.07, 6.45) is -0.954. The molecule has 0 saturated heterocycles. The number of hydrogen-bond donors (Lipinski definition) is 4. The van der Waals surface area contributed by atoms with E-state index < -0.39 is 6.10 Å². The molecule has 0 aliphatic heterocycles. The monoisotopic (exact) mass is 262 g/mol. The van der Waals surface area contributed by atoms with E-state index in [1.807, 2.05) is 48.5 Å². The highest BCUT2D eigenvalue weighted by Crippen LogP contribution is 2.27. The Hall–Kier alpha value is -1.88. The van der Waals surface area contributed by atoms with Gasteiger partial charge in [-0.25, -0.2) is 0 Å². The van der Waals surface area contributed by atoms with Gasteiger partial charge < -0.3 is 20.4 Å². The number of phenolic OH excluding ortho intramolecular Hbond substituents is 1. The Morgan fingerprint density at radius 3 is 1.79 bits per heavy atom. The van der Waals surface area contributed by atoms with Crippen LogP contribution in [-0.2, 0) is 0 Å². The van der Waals surface area contributed by atoms with Crippen molar-refractivity contribution < 1.29 is 20.4 Å². The summed E-state index contributed by atoms with van der Waals surface area (Å²) in [5.41, 5.74) is 1.92. The Morgan fingerprint density at radius 2 is 1.32 bits per heavy atom. The van der Waals surface area contributed by atoms with Crippen LogP contribution in [-0.4, -0.2) is 39.7 Å². The lowest BCUT2D eigenvalue weighted by molar-refractivity contribution is 0.0450. The molecule has 19 heavy (non-hydrogen) atoms. The molecule has 0 unspecified atom stereocenters. The standard InChI is InChI=1S/C12H10O.C3H8O3/c13-12-9-5-4-8-11(12)10-6-2-1-3-7-10;4-1-3(6)2-5/h1-9,13H;3-6H,1-2H2. The van der Waals surface area contributed by atoms with Crippen LogP contribution < -0.4 is 0 Å². The van der Waals surface area contributed by atoms with Gasteiger partial charge in [0.25, 0.3) is 0 Å². The van der Waals surface area contributed by atoms with Gasteiger partial charge in [0.2, 0.25) is 0 Å². The van der Waals surface area contributed by atoms with Crippen molar-refractivity contribution >= 4 is 0 Å². The molecule has 4 N–H and O–H groups in total. The molecule has 0 spiro atoms. The molecule has 2 aromatic carbocycles. The van der Waals surface area contributed by atoms with Crippen LogP contribution in [0.2, 0.25) is 0 Å². The van der Waals surface area contributed by atoms with E-state index in [2.05, 4.69) is 0 Å². The molecule has 0 fully saturated rings. The molecule has 0 atom stereocenters. The van der Waals surface area contributed by atoms with E-state index in [1.165, 1.54) is 0 Å². The van der Waals surface area contributed by atoms with Crippen molar-refractivity contribution in [2.75, 3.05) is 13.2 Å². The van der Waals surface area contributed by atoms with Crippen LogP contribution in [0.5, 0.6) is 5.75 Å². The first-order valence-electron chi connectivity index (χ1n) is 5.92. The van der Waals surface area contributed by atoms with Crippen molar-refractivity contribution in [3.8, 4) is 16.9 Å². The summed E-state index contributed by atoms with van der Waals surface area (Å²) in [6, 6.07) is 17.2. The van der Waals surface area contributed by atoms with Crippen LogP contribution in [0.3, 0.4) is 0 Å². The lowest BCUT2D eigenvalue weighted by Gasteiger charge is -2.02. The first kappa shape index (κ1) is 15.2. The molecule has 4 heteroatoms. The van der Waals surface area contributed by atoms with E-state index in [9.17, 15) is 5.11 Å². The third-order valence-corrected chi connectivity index (χ3v) is 2.41. The molecule has 2 aromatic rings. The molecular weight excluding hydrogens is 244 g/mol. The van der Waals surface area contributed by atoms with Gasteiger partial charge in [-0.3, -0.25) is 0 Å². The minimum Gasteiger partial charge on any atom is -0.507 e. The molecule has 2 rings (SSSR count). The fourth-order valence-electron chi connectivity index (χ4n) is 1.39. The SMILES string of the molecule is OCC(O)CO.Oc1ccccc1-c1ccccc1. The molecule has 0 bridgehead atoms. The zero-order chi connectivity index (χ0) is 14.1. The van der Waals surface area contributed by atoms with Crippen molar-refractivity contribution in [1.29, 1.82) is 0 Å². The van der Waals surface area contributed by atoms with Crippen LogP contribution in [0, 0.1) is 0 Å². The highest BCUT2D eigenvalue weighted by atomic mass is 16.3. The van der Waals surface area contributed by atoms with E-state index in [0.717, 1.165) is 11.1 Å². The maximum atomic E-state index is 9.56. The number of aromatic hydroxyl groups is 1. The molecule has 0 heterocycles. The number of rotatable bonds is 3. The Bertz CT molecular complexity index is 467. The summed E-state index contributed by atoms with van der Waals surface area (Å²) < 4.78 is 0. The fraction of sp³-hybridized carbons (Fsp3) is 0.200. The molecule has 0 aliphatic rings. The van der Waals surface area contributed by atoms with Crippen molar-refractivity contribution in [2.45, 2.75) is 6.10 Å². The topological polar surface area (TPSA) is 80.9 Å². The molecule has 0 amide bonds. The lowest BCUT2D eigenvalue weighted by atomic mass is 10.1. The van der Waals surface area contributed by atoms with Gasteiger partial charge in [-0.15, -0.1) is 0 Å². The van der Waals surface area contributed by atoms with Gasteiger partial charge in [-0.2, -0.15) is 0 Å². The molecule has 102 valence electrons. The molecule has 0 aromatic heterocycles. The van der Waals surface area contributed by atoms with Crippen LogP contribution in [0.4, 0.5) is 0 Å². The first-order chi connectivity index (χ1) is 9.19. The second kappa shape index (κ2) is 8.26. The largest absolute Gasteiger partial charge is 0.507 e. The third kappa shape index (κ3) is 5.09. The van der Waals surface area contributed by atoms with Gasteiger partial charge in [-0.05, 0) is 11.6 Å². The summed E-state index contributed by atoms with van der Waals surface area (Å²) >= 11 is 0. The molecular formula is C15H18O4. The molecule has 0 radical (unpaired) electrons. The second-order valence-electron chi connectivity index (χ2n) is 3.90. The number of aliphatic hydroxyl groups excluding tert-OH is 3. The maximum Gasteiger partial charge on any atom is 0.123 e. The number of para-hydroxylation sites is 1. The van der Waals surface area contributed by atoms with E-state index in [-0.39, 0.29) is 13.2 Å². The predicted octanol–water partition coefficient (Wildman–Crippen LogP) is 1.39. The van der Waals surface area contributed by atoms with Gasteiger partial charge >= 0.3 is 0 Å². The van der Waals surface area contributed by atoms with E-state index in [4.69, 9.17) is 15.3 Å². The highest BCUT2D eigenvalue weighted by molar-refractivity contribution is 5.69. The van der Waals surface area contributed by atoms with Crippen LogP contribution in [0.25, 0.3) is 11.1 Å². The average molecular weight is 262 g/mol. The lowest BCUT2D eigenvalue weighted by Crippen LogP contribution is -2.15. The second-order valence-corrected chi connectivity index (χ2v) is 3.90. The van der Waals surface area contributed by atoms with Gasteiger partial charge in [0.1, 0.15) is 11.9 Å². The van der Waals surface area contributed by atoms with Crippen LogP contribution in [0.15, 0.2) is 54.6 Å². The van der Waals surface area contributed by atoms with E-state index in [0.29, 0.717) is 5.75 Å². The van der Waals surface area contributed by atoms with Gasteiger partial charge in [0, 0.05) is 5.56 Å². The Morgan fingerprint density at radius 1 is 0.789 bits per heavy atom. The smallest absolute Gasteiger partial charge is 0.123 e. The van der Waals surface area contributed by atoms with Gasteiger partial charge in [0.05, 0.1) is 13.2 Å². The normalized spacial score (nSPS) is 9.89. The quantitative estimate of drug-likeness (QED) is 0.674. The predicted molar refractivity (Wildman–Crippen MR) is 73.7 cm³/mol. The molecule has 4 nitrogen and oxygen atoms in total. The fourth-order valence-corrected chi connectivity index (χ4v) is 1.39. The number of phenols is 1. The maximum absolute atomic E-state index is 9.56. The summed E-state index contributed by atoms with van der Waals surface area (Å²) in [4.78, 5) is 0. The molecule has 0 aliphatic carbocycles. The average Bonchev–Trinajstić information content (AvgIpc) is 2.48. The van der Waals surface area contributed by atoms with E-state index >= 15 is 0 Å². The number of hydrogen-bond acceptors (Lipinski definition) is 4. The summed E-state index contributed by atoms with van der Waals surface area (Å²) in [5.74, 6) is 0.328. The highest BCUT2D eigenvalue weighted by Gasteiger charge is 2.00. The van der Waals surface area contributed by atoms with E-state index in [1.54, 1.807) is 6.07 Å². The minimum atomic E-state index is -0.954. The van der Waals surface area contributed by atoms with Crippen molar-refractivity contribution in [1.82, 2.24) is 0 Å². The van der Waals surface area contributed by atoms with Crippen molar-refractivity contribution in [3.63, 3.8) is 0 Å². The van der Waals surface area contributed by atoms with Crippen LogP contribution in [0.1, 0.15) is 0 Å².